The fourth-order valence-corrected chi connectivity index (χ4v) is 4.14. The van der Waals surface area contributed by atoms with E-state index in [1.807, 2.05) is 0 Å². The second kappa shape index (κ2) is 10.5. The zero-order valence-electron chi connectivity index (χ0n) is 20.2. The average Bonchev–Trinajstić information content (AvgIpc) is 2.90. The number of ether oxygens (including phenoxy) is 3. The Morgan fingerprint density at radius 2 is 1.70 bits per heavy atom. The van der Waals surface area contributed by atoms with Gasteiger partial charge in [-0.15, -0.1) is 0 Å². The normalized spacial score (nSPS) is 11.0. The van der Waals surface area contributed by atoms with Gasteiger partial charge in [0.2, 0.25) is 5.75 Å². The monoisotopic (exact) mass is 521 g/mol. The molecule has 3 aromatic heterocycles. The van der Waals surface area contributed by atoms with Crippen LogP contribution in [-0.2, 0) is 10.0 Å². The van der Waals surface area contributed by atoms with Gasteiger partial charge in [0.05, 0.1) is 14.2 Å². The van der Waals surface area contributed by atoms with Gasteiger partial charge in [0, 0.05) is 23.9 Å². The van der Waals surface area contributed by atoms with Crippen molar-refractivity contribution >= 4 is 21.4 Å². The first-order valence-corrected chi connectivity index (χ1v) is 12.3. The van der Waals surface area contributed by atoms with Crippen molar-refractivity contribution in [2.24, 2.45) is 0 Å². The molecular weight excluding hydrogens is 498 g/mol. The van der Waals surface area contributed by atoms with Gasteiger partial charge in [-0.1, -0.05) is 24.8 Å². The number of nitrogens with zero attached hydrogens (tertiary/aromatic N) is 4. The number of hydrogen-bond donors (Lipinski definition) is 1. The summed E-state index contributed by atoms with van der Waals surface area (Å²) in [5, 5.41) is 11.2. The number of pyridine rings is 2. The summed E-state index contributed by atoms with van der Waals surface area (Å²) in [6.45, 7) is 5.62. The van der Waals surface area contributed by atoms with Gasteiger partial charge in [-0.05, 0) is 36.3 Å². The Hall–Kier alpha value is -4.71. The molecule has 190 valence electrons. The summed E-state index contributed by atoms with van der Waals surface area (Å²) < 4.78 is 46.4. The standard InChI is InChI=1S/C25H23N5O6S/c1-16(2)18-9-10-21(26-15-18)37(32,33)29-24-22(36-20-8-6-5-7-19(20)34-3)25(35-4)28-23(27-24)17-11-13-30(31)14-12-17/h5-15H,1H2,2-4H3,(H,27,28,29). The predicted octanol–water partition coefficient (Wildman–Crippen LogP) is 3.82. The first kappa shape index (κ1) is 25.4. The van der Waals surface area contributed by atoms with Crippen molar-refractivity contribution in [3.05, 3.63) is 84.5 Å². The van der Waals surface area contributed by atoms with Crippen LogP contribution in [0.1, 0.15) is 12.5 Å². The molecule has 0 radical (unpaired) electrons. The van der Waals surface area contributed by atoms with E-state index < -0.39 is 10.0 Å². The maximum Gasteiger partial charge on any atom is 0.280 e. The van der Waals surface area contributed by atoms with Crippen molar-refractivity contribution in [2.75, 3.05) is 18.9 Å². The van der Waals surface area contributed by atoms with Gasteiger partial charge < -0.3 is 19.4 Å². The van der Waals surface area contributed by atoms with Crippen molar-refractivity contribution < 1.29 is 27.4 Å². The molecule has 0 saturated carbocycles. The molecule has 0 aliphatic carbocycles. The molecule has 0 saturated heterocycles. The van der Waals surface area contributed by atoms with E-state index in [-0.39, 0.29) is 34.0 Å². The third kappa shape index (κ3) is 5.59. The first-order chi connectivity index (χ1) is 17.7. The molecule has 12 heteroatoms. The Balaban J connectivity index is 1.84. The van der Waals surface area contributed by atoms with E-state index in [4.69, 9.17) is 14.2 Å². The molecule has 0 unspecified atom stereocenters. The fraction of sp³-hybridized carbons (Fsp3) is 0.120. The van der Waals surface area contributed by atoms with Crippen LogP contribution in [0, 0.1) is 5.21 Å². The molecule has 0 bridgehead atoms. The quantitative estimate of drug-likeness (QED) is 0.257. The number of methoxy groups -OCH3 is 2. The third-order valence-electron chi connectivity index (χ3n) is 5.10. The largest absolute Gasteiger partial charge is 0.619 e. The van der Waals surface area contributed by atoms with Crippen molar-refractivity contribution in [3.8, 4) is 34.5 Å². The zero-order valence-corrected chi connectivity index (χ0v) is 21.0. The van der Waals surface area contributed by atoms with Crippen molar-refractivity contribution in [3.63, 3.8) is 0 Å². The van der Waals surface area contributed by atoms with Crippen LogP contribution in [0.5, 0.6) is 23.1 Å². The van der Waals surface area contributed by atoms with Crippen LogP contribution < -0.4 is 23.7 Å². The van der Waals surface area contributed by atoms with Gasteiger partial charge in [0.1, 0.15) is 0 Å². The summed E-state index contributed by atoms with van der Waals surface area (Å²) in [7, 11) is -1.39. The minimum absolute atomic E-state index is 0.0574. The second-order valence-corrected chi connectivity index (χ2v) is 9.33. The van der Waals surface area contributed by atoms with E-state index in [0.717, 1.165) is 5.57 Å². The highest BCUT2D eigenvalue weighted by molar-refractivity contribution is 7.92. The summed E-state index contributed by atoms with van der Waals surface area (Å²) >= 11 is 0. The highest BCUT2D eigenvalue weighted by Gasteiger charge is 2.25. The maximum atomic E-state index is 13.3. The number of allylic oxidation sites excluding steroid dienone is 1. The molecule has 0 aliphatic heterocycles. The van der Waals surface area contributed by atoms with Crippen LogP contribution in [0.2, 0.25) is 0 Å². The summed E-state index contributed by atoms with van der Waals surface area (Å²) in [4.78, 5) is 12.8. The Kier molecular flexibility index (Phi) is 7.20. The van der Waals surface area contributed by atoms with E-state index in [1.54, 1.807) is 37.3 Å². The minimum atomic E-state index is -4.22. The van der Waals surface area contributed by atoms with Crippen LogP contribution >= 0.6 is 0 Å². The Morgan fingerprint density at radius 3 is 2.30 bits per heavy atom. The molecule has 4 rings (SSSR count). The Morgan fingerprint density at radius 1 is 1.00 bits per heavy atom. The molecule has 0 spiro atoms. The summed E-state index contributed by atoms with van der Waals surface area (Å²) in [6, 6.07) is 12.7. The molecule has 0 amide bonds. The molecule has 4 aromatic rings. The molecule has 3 heterocycles. The number of nitrogens with one attached hydrogen (secondary N) is 1. The molecule has 1 N–H and O–H groups in total. The van der Waals surface area contributed by atoms with Gasteiger partial charge in [0.25, 0.3) is 15.9 Å². The number of para-hydroxylation sites is 2. The van der Waals surface area contributed by atoms with Crippen LogP contribution in [0.4, 0.5) is 5.82 Å². The molecule has 37 heavy (non-hydrogen) atoms. The summed E-state index contributed by atoms with van der Waals surface area (Å²) in [6.07, 6.45) is 3.94. The van der Waals surface area contributed by atoms with Crippen molar-refractivity contribution in [1.29, 1.82) is 0 Å². The lowest BCUT2D eigenvalue weighted by Gasteiger charge is -2.17. The predicted molar refractivity (Wildman–Crippen MR) is 136 cm³/mol. The van der Waals surface area contributed by atoms with Crippen LogP contribution in [0.15, 0.2) is 78.7 Å². The van der Waals surface area contributed by atoms with E-state index in [2.05, 4.69) is 26.3 Å². The van der Waals surface area contributed by atoms with Gasteiger partial charge in [-0.3, -0.25) is 4.72 Å². The number of benzene rings is 1. The fourth-order valence-electron chi connectivity index (χ4n) is 3.20. The molecular formula is C25H23N5O6S. The topological polar surface area (TPSA) is 139 Å². The number of rotatable bonds is 9. The summed E-state index contributed by atoms with van der Waals surface area (Å²) in [5.74, 6) is 0.384. The van der Waals surface area contributed by atoms with Crippen LogP contribution in [0.3, 0.4) is 0 Å². The van der Waals surface area contributed by atoms with E-state index in [9.17, 15) is 13.6 Å². The number of anilines is 1. The molecule has 0 atom stereocenters. The average molecular weight is 522 g/mol. The van der Waals surface area contributed by atoms with Crippen LogP contribution in [0.25, 0.3) is 17.0 Å². The number of aromatic nitrogens is 4. The molecule has 0 aliphatic rings. The lowest BCUT2D eigenvalue weighted by molar-refractivity contribution is -0.605. The van der Waals surface area contributed by atoms with Gasteiger partial charge in [0.15, 0.2) is 40.6 Å². The molecule has 0 fully saturated rings. The lowest BCUT2D eigenvalue weighted by atomic mass is 10.2. The van der Waals surface area contributed by atoms with E-state index in [1.165, 1.54) is 51.0 Å². The zero-order chi connectivity index (χ0) is 26.6. The maximum absolute atomic E-state index is 13.3. The van der Waals surface area contributed by atoms with Crippen molar-refractivity contribution in [2.45, 2.75) is 11.9 Å². The van der Waals surface area contributed by atoms with Gasteiger partial charge in [-0.25, -0.2) is 9.97 Å². The number of hydrogen-bond acceptors (Lipinski definition) is 9. The van der Waals surface area contributed by atoms with E-state index >= 15 is 0 Å². The third-order valence-corrected chi connectivity index (χ3v) is 6.36. The molecule has 11 nitrogen and oxygen atoms in total. The molecule has 1 aromatic carbocycles. The van der Waals surface area contributed by atoms with Gasteiger partial charge >= 0.3 is 0 Å². The SMILES string of the molecule is C=C(C)c1ccc(S(=O)(=O)Nc2nc(-c3cc[n+]([O-])cc3)nc(OC)c2Oc2ccccc2OC)nc1. The second-order valence-electron chi connectivity index (χ2n) is 7.70. The highest BCUT2D eigenvalue weighted by Crippen LogP contribution is 2.41. The number of sulfonamides is 1. The Bertz CT molecular complexity index is 1540. The Labute approximate surface area is 213 Å². The smallest absolute Gasteiger partial charge is 0.280 e. The van der Waals surface area contributed by atoms with E-state index in [0.29, 0.717) is 21.6 Å². The van der Waals surface area contributed by atoms with Crippen molar-refractivity contribution in [1.82, 2.24) is 15.0 Å². The van der Waals surface area contributed by atoms with Crippen LogP contribution in [-0.4, -0.2) is 37.6 Å². The minimum Gasteiger partial charge on any atom is -0.619 e. The van der Waals surface area contributed by atoms with Gasteiger partial charge in [-0.2, -0.15) is 18.1 Å². The summed E-state index contributed by atoms with van der Waals surface area (Å²) in [5.41, 5.74) is 1.88. The first-order valence-electron chi connectivity index (χ1n) is 10.8. The highest BCUT2D eigenvalue weighted by atomic mass is 32.2. The lowest BCUT2D eigenvalue weighted by Crippen LogP contribution is -2.23.